The number of pyridine rings is 1. The van der Waals surface area contributed by atoms with E-state index in [0.29, 0.717) is 11.4 Å². The van der Waals surface area contributed by atoms with Gasteiger partial charge in [0.1, 0.15) is 11.6 Å². The maximum Gasteiger partial charge on any atom is 0.174 e. The molecule has 2 heterocycles. The van der Waals surface area contributed by atoms with E-state index in [-0.39, 0.29) is 0 Å². The summed E-state index contributed by atoms with van der Waals surface area (Å²) in [6, 6.07) is 13.3. The van der Waals surface area contributed by atoms with Crippen molar-refractivity contribution in [1.29, 1.82) is 5.26 Å². The molecule has 0 saturated carbocycles. The second kappa shape index (κ2) is 3.93. The first-order valence-electron chi connectivity index (χ1n) is 5.48. The molecule has 0 fully saturated rings. The summed E-state index contributed by atoms with van der Waals surface area (Å²) < 4.78 is 1.60. The molecule has 5 nitrogen and oxygen atoms in total. The highest BCUT2D eigenvalue weighted by Crippen LogP contribution is 2.17. The lowest BCUT2D eigenvalue weighted by Gasteiger charge is -2.04. The number of aryl methyl sites for hydroxylation is 1. The molecule has 0 atom stereocenters. The predicted octanol–water partition coefficient (Wildman–Crippen LogP) is 2.00. The van der Waals surface area contributed by atoms with Gasteiger partial charge in [0.15, 0.2) is 5.82 Å². The van der Waals surface area contributed by atoms with Crippen LogP contribution in [0.15, 0.2) is 36.4 Å². The molecule has 0 bridgehead atoms. The van der Waals surface area contributed by atoms with Crippen molar-refractivity contribution in [3.8, 4) is 11.9 Å². The molecule has 0 aliphatic rings. The normalized spacial score (nSPS) is 10.4. The number of hydrogen-bond donors (Lipinski definition) is 0. The number of hydrogen-bond acceptors (Lipinski definition) is 4. The van der Waals surface area contributed by atoms with Gasteiger partial charge in [0.05, 0.1) is 11.1 Å². The topological polar surface area (TPSA) is 67.4 Å². The highest BCUT2D eigenvalue weighted by Gasteiger charge is 2.11. The number of fused-ring (bicyclic) bond motifs is 1. The molecular weight excluding hydrogens is 226 g/mol. The smallest absolute Gasteiger partial charge is 0.174 e. The van der Waals surface area contributed by atoms with Gasteiger partial charge in [-0.1, -0.05) is 17.3 Å². The third-order valence-electron chi connectivity index (χ3n) is 2.69. The Morgan fingerprint density at radius 2 is 2.00 bits per heavy atom. The van der Waals surface area contributed by atoms with Crippen molar-refractivity contribution in [1.82, 2.24) is 20.0 Å². The number of rotatable bonds is 1. The van der Waals surface area contributed by atoms with Crippen LogP contribution in [0.4, 0.5) is 0 Å². The molecule has 0 N–H and O–H groups in total. The van der Waals surface area contributed by atoms with Crippen LogP contribution < -0.4 is 0 Å². The molecule has 0 unspecified atom stereocenters. The van der Waals surface area contributed by atoms with Crippen LogP contribution in [0.3, 0.4) is 0 Å². The van der Waals surface area contributed by atoms with Crippen LogP contribution in [0, 0.1) is 18.3 Å². The molecule has 0 aliphatic carbocycles. The maximum atomic E-state index is 9.13. The largest absolute Gasteiger partial charge is 0.233 e. The number of aromatic nitrogens is 4. The van der Waals surface area contributed by atoms with Gasteiger partial charge in [-0.05, 0) is 31.2 Å². The molecule has 0 radical (unpaired) electrons. The average Bonchev–Trinajstić information content (AvgIpc) is 2.82. The molecule has 2 aromatic heterocycles. The van der Waals surface area contributed by atoms with Crippen LogP contribution in [0.25, 0.3) is 16.9 Å². The lowest BCUT2D eigenvalue weighted by Crippen LogP contribution is -2.04. The molecule has 0 spiro atoms. The Morgan fingerprint density at radius 3 is 2.83 bits per heavy atom. The zero-order valence-corrected chi connectivity index (χ0v) is 9.70. The predicted molar refractivity (Wildman–Crippen MR) is 66.1 cm³/mol. The first-order chi connectivity index (χ1) is 8.79. The van der Waals surface area contributed by atoms with Crippen LogP contribution in [-0.4, -0.2) is 20.0 Å². The minimum atomic E-state index is 0.483. The van der Waals surface area contributed by atoms with Gasteiger partial charge >= 0.3 is 0 Å². The first-order valence-corrected chi connectivity index (χ1v) is 5.48. The molecule has 0 amide bonds. The van der Waals surface area contributed by atoms with Crippen LogP contribution in [0.2, 0.25) is 0 Å². The molecule has 3 rings (SSSR count). The van der Waals surface area contributed by atoms with Crippen molar-refractivity contribution < 1.29 is 0 Å². The van der Waals surface area contributed by atoms with E-state index in [1.807, 2.05) is 31.2 Å². The van der Waals surface area contributed by atoms with Crippen molar-refractivity contribution in [3.63, 3.8) is 0 Å². The van der Waals surface area contributed by atoms with Crippen molar-refractivity contribution in [3.05, 3.63) is 47.7 Å². The van der Waals surface area contributed by atoms with E-state index in [1.54, 1.807) is 16.8 Å². The van der Waals surface area contributed by atoms with E-state index >= 15 is 0 Å². The molecule has 0 saturated heterocycles. The molecule has 3 aromatic rings. The Morgan fingerprint density at radius 1 is 1.17 bits per heavy atom. The monoisotopic (exact) mass is 235 g/mol. The van der Waals surface area contributed by atoms with Crippen molar-refractivity contribution >= 4 is 11.0 Å². The third-order valence-corrected chi connectivity index (χ3v) is 2.69. The van der Waals surface area contributed by atoms with Crippen molar-refractivity contribution in [2.75, 3.05) is 0 Å². The number of nitriles is 1. The van der Waals surface area contributed by atoms with E-state index in [1.165, 1.54) is 0 Å². The van der Waals surface area contributed by atoms with Crippen LogP contribution in [-0.2, 0) is 0 Å². The van der Waals surface area contributed by atoms with E-state index in [4.69, 9.17) is 5.26 Å². The van der Waals surface area contributed by atoms with E-state index < -0.39 is 0 Å². The number of para-hydroxylation sites is 1. The Labute approximate surface area is 103 Å². The van der Waals surface area contributed by atoms with Gasteiger partial charge < -0.3 is 0 Å². The summed E-state index contributed by atoms with van der Waals surface area (Å²) in [5.41, 5.74) is 2.94. The first kappa shape index (κ1) is 10.4. The van der Waals surface area contributed by atoms with E-state index in [0.717, 1.165) is 16.7 Å². The Kier molecular flexibility index (Phi) is 2.27. The molecule has 1 aromatic carbocycles. The van der Waals surface area contributed by atoms with Crippen LogP contribution in [0.1, 0.15) is 11.3 Å². The number of nitrogens with zero attached hydrogens (tertiary/aromatic N) is 5. The third kappa shape index (κ3) is 1.52. The summed E-state index contributed by atoms with van der Waals surface area (Å²) in [5.74, 6) is 0.520. The molecule has 18 heavy (non-hydrogen) atoms. The fourth-order valence-corrected chi connectivity index (χ4v) is 1.82. The van der Waals surface area contributed by atoms with Gasteiger partial charge in [0.2, 0.25) is 0 Å². The molecule has 86 valence electrons. The highest BCUT2D eigenvalue weighted by molar-refractivity contribution is 5.76. The molecular formula is C13H9N5. The minimum Gasteiger partial charge on any atom is -0.233 e. The maximum absolute atomic E-state index is 9.13. The van der Waals surface area contributed by atoms with Crippen LogP contribution >= 0.6 is 0 Å². The molecule has 5 heteroatoms. The van der Waals surface area contributed by atoms with E-state index in [9.17, 15) is 0 Å². The van der Waals surface area contributed by atoms with Crippen molar-refractivity contribution in [2.45, 2.75) is 6.92 Å². The van der Waals surface area contributed by atoms with Gasteiger partial charge in [-0.15, -0.1) is 5.10 Å². The Balaban J connectivity index is 2.33. The molecule has 0 aliphatic heterocycles. The highest BCUT2D eigenvalue weighted by atomic mass is 15.4. The quantitative estimate of drug-likeness (QED) is 0.647. The summed E-state index contributed by atoms with van der Waals surface area (Å²) in [7, 11) is 0. The van der Waals surface area contributed by atoms with Gasteiger partial charge in [-0.25, -0.2) is 4.98 Å². The summed E-state index contributed by atoms with van der Waals surface area (Å²) >= 11 is 0. The minimum absolute atomic E-state index is 0.483. The lowest BCUT2D eigenvalue weighted by molar-refractivity contribution is 0.795. The zero-order valence-electron chi connectivity index (χ0n) is 9.70. The summed E-state index contributed by atoms with van der Waals surface area (Å²) in [6.07, 6.45) is 0. The summed E-state index contributed by atoms with van der Waals surface area (Å²) in [5, 5.41) is 17.3. The number of benzene rings is 1. The fraction of sp³-hybridized carbons (Fsp3) is 0.0769. The lowest BCUT2D eigenvalue weighted by atomic mass is 10.2. The van der Waals surface area contributed by atoms with Crippen LogP contribution in [0.5, 0.6) is 0 Å². The zero-order chi connectivity index (χ0) is 12.5. The SMILES string of the molecule is Cc1ccc(C#N)c(-n2nnc3ccccc32)n1. The van der Waals surface area contributed by atoms with Gasteiger partial charge in [0.25, 0.3) is 0 Å². The summed E-state index contributed by atoms with van der Waals surface area (Å²) in [4.78, 5) is 4.37. The fourth-order valence-electron chi connectivity index (χ4n) is 1.82. The summed E-state index contributed by atoms with van der Waals surface area (Å²) in [6.45, 7) is 1.88. The van der Waals surface area contributed by atoms with Gasteiger partial charge in [-0.3, -0.25) is 0 Å². The van der Waals surface area contributed by atoms with E-state index in [2.05, 4.69) is 21.4 Å². The second-order valence-corrected chi connectivity index (χ2v) is 3.93. The average molecular weight is 235 g/mol. The van der Waals surface area contributed by atoms with Gasteiger partial charge in [0, 0.05) is 5.69 Å². The Bertz CT molecular complexity index is 766. The van der Waals surface area contributed by atoms with Crippen molar-refractivity contribution in [2.24, 2.45) is 0 Å². The Hall–Kier alpha value is -2.74. The second-order valence-electron chi connectivity index (χ2n) is 3.93. The standard InChI is InChI=1S/C13H9N5/c1-9-6-7-10(8-14)13(15-9)18-12-5-3-2-4-11(12)16-17-18/h2-7H,1H3. The van der Waals surface area contributed by atoms with Gasteiger partial charge in [-0.2, -0.15) is 9.94 Å².